The number of hydrogen-bond donors (Lipinski definition) is 1. The number of morpholine rings is 1. The van der Waals surface area contributed by atoms with Crippen molar-refractivity contribution in [3.05, 3.63) is 54.1 Å². The van der Waals surface area contributed by atoms with Gasteiger partial charge in [0, 0.05) is 18.7 Å². The van der Waals surface area contributed by atoms with Gasteiger partial charge in [-0.2, -0.15) is 4.68 Å². The number of carboxylic acids is 1. The van der Waals surface area contributed by atoms with E-state index in [0.29, 0.717) is 60.4 Å². The molecule has 0 saturated carbocycles. The Morgan fingerprint density at radius 3 is 2.65 bits per heavy atom. The Bertz CT molecular complexity index is 1280. The highest BCUT2D eigenvalue weighted by atomic mass is 16.5. The van der Waals surface area contributed by atoms with Crippen molar-refractivity contribution in [2.45, 2.75) is 0 Å². The van der Waals surface area contributed by atoms with Gasteiger partial charge in [-0.25, -0.2) is 14.8 Å². The third kappa shape index (κ3) is 3.53. The molecule has 0 unspecified atom stereocenters. The van der Waals surface area contributed by atoms with Gasteiger partial charge in [0.15, 0.2) is 22.8 Å². The minimum atomic E-state index is -1.04. The highest BCUT2D eigenvalue weighted by Crippen LogP contribution is 2.29. The average molecular weight is 417 g/mol. The summed E-state index contributed by atoms with van der Waals surface area (Å²) >= 11 is 0. The fourth-order valence-electron chi connectivity index (χ4n) is 3.50. The Hall–Kier alpha value is -4.05. The number of carbonyl (C=O) groups is 1. The van der Waals surface area contributed by atoms with E-state index < -0.39 is 5.97 Å². The zero-order valence-corrected chi connectivity index (χ0v) is 16.3. The molecule has 1 N–H and O–H groups in total. The van der Waals surface area contributed by atoms with Gasteiger partial charge in [-0.1, -0.05) is 35.5 Å². The van der Waals surface area contributed by atoms with E-state index in [2.05, 4.69) is 15.3 Å². The fraction of sp³-hybridized carbons (Fsp3) is 0.190. The largest absolute Gasteiger partial charge is 0.872 e. The maximum atomic E-state index is 11.9. The minimum absolute atomic E-state index is 0.128. The number of benzene rings is 2. The maximum absolute atomic E-state index is 11.9. The predicted octanol–water partition coefficient (Wildman–Crippen LogP) is 1.49. The second-order valence-corrected chi connectivity index (χ2v) is 7.03. The number of ether oxygens (including phenoxy) is 1. The van der Waals surface area contributed by atoms with Crippen LogP contribution in [0.1, 0.15) is 10.4 Å². The molecule has 0 amide bonds. The Morgan fingerprint density at radius 1 is 1.06 bits per heavy atom. The number of aromatic carboxylic acids is 1. The maximum Gasteiger partial charge on any atom is 0.335 e. The van der Waals surface area contributed by atoms with Crippen LogP contribution in [0.2, 0.25) is 0 Å². The third-order valence-electron chi connectivity index (χ3n) is 5.02. The van der Waals surface area contributed by atoms with Crippen LogP contribution >= 0.6 is 0 Å². The van der Waals surface area contributed by atoms with Crippen molar-refractivity contribution in [3.63, 3.8) is 0 Å². The van der Waals surface area contributed by atoms with E-state index in [-0.39, 0.29) is 11.3 Å². The van der Waals surface area contributed by atoms with Crippen LogP contribution in [0.5, 0.6) is 5.75 Å². The molecule has 156 valence electrons. The number of carboxylic acid groups (broad SMARTS) is 1. The lowest BCUT2D eigenvalue weighted by molar-refractivity contribution is -0.268. The molecular weight excluding hydrogens is 400 g/mol. The first-order chi connectivity index (χ1) is 15.1. The van der Waals surface area contributed by atoms with Crippen molar-refractivity contribution in [3.8, 4) is 22.8 Å². The van der Waals surface area contributed by atoms with Crippen molar-refractivity contribution < 1.29 is 19.7 Å². The molecule has 4 aromatic rings. The second-order valence-electron chi connectivity index (χ2n) is 7.03. The van der Waals surface area contributed by atoms with E-state index in [0.717, 1.165) is 0 Å². The summed E-state index contributed by atoms with van der Waals surface area (Å²) in [4.78, 5) is 22.8. The Morgan fingerprint density at radius 2 is 1.87 bits per heavy atom. The van der Waals surface area contributed by atoms with Gasteiger partial charge in [-0.15, -0.1) is 10.8 Å². The van der Waals surface area contributed by atoms with Crippen LogP contribution in [0, 0.1) is 0 Å². The van der Waals surface area contributed by atoms with Crippen LogP contribution in [-0.4, -0.2) is 62.3 Å². The molecule has 1 fully saturated rings. The third-order valence-corrected chi connectivity index (χ3v) is 5.02. The molecule has 0 radical (unpaired) electrons. The summed E-state index contributed by atoms with van der Waals surface area (Å²) in [5.74, 6) is -0.220. The fourth-order valence-corrected chi connectivity index (χ4v) is 3.50. The second kappa shape index (κ2) is 7.65. The summed E-state index contributed by atoms with van der Waals surface area (Å²) in [6, 6.07) is 12.7. The van der Waals surface area contributed by atoms with Gasteiger partial charge in [0.05, 0.1) is 24.5 Å². The van der Waals surface area contributed by atoms with Crippen LogP contribution in [0.15, 0.2) is 48.5 Å². The summed E-state index contributed by atoms with van der Waals surface area (Å²) in [5.41, 5.74) is 2.13. The summed E-state index contributed by atoms with van der Waals surface area (Å²) in [6.07, 6.45) is 0. The highest BCUT2D eigenvalue weighted by molar-refractivity contribution is 5.89. The number of fused-ring (bicyclic) bond motifs is 1. The van der Waals surface area contributed by atoms with E-state index in [1.54, 1.807) is 24.3 Å². The number of aromatic nitrogens is 5. The van der Waals surface area contributed by atoms with Gasteiger partial charge < -0.3 is 19.8 Å². The van der Waals surface area contributed by atoms with E-state index in [4.69, 9.17) is 9.72 Å². The van der Waals surface area contributed by atoms with Gasteiger partial charge in [0.25, 0.3) is 0 Å². The SMILES string of the molecule is O=C(O)c1cccc(-n2nnc3c(N4CCOCC4)nc(-c4cccc([O-])c4)nc32)c1. The zero-order valence-electron chi connectivity index (χ0n) is 16.3. The number of nitrogens with zero attached hydrogens (tertiary/aromatic N) is 6. The normalized spacial score (nSPS) is 14.1. The van der Waals surface area contributed by atoms with Gasteiger partial charge in [-0.3, -0.25) is 0 Å². The van der Waals surface area contributed by atoms with Crippen molar-refractivity contribution in [1.29, 1.82) is 0 Å². The lowest BCUT2D eigenvalue weighted by atomic mass is 10.2. The molecule has 10 nitrogen and oxygen atoms in total. The van der Waals surface area contributed by atoms with Crippen molar-refractivity contribution in [2.75, 3.05) is 31.2 Å². The zero-order chi connectivity index (χ0) is 21.4. The minimum Gasteiger partial charge on any atom is -0.872 e. The van der Waals surface area contributed by atoms with E-state index in [1.165, 1.54) is 28.9 Å². The lowest BCUT2D eigenvalue weighted by Gasteiger charge is -2.28. The molecule has 5 rings (SSSR count). The molecule has 0 aliphatic carbocycles. The van der Waals surface area contributed by atoms with Gasteiger partial charge in [0.2, 0.25) is 0 Å². The number of hydrogen-bond acceptors (Lipinski definition) is 8. The smallest absolute Gasteiger partial charge is 0.335 e. The quantitative estimate of drug-likeness (QED) is 0.525. The molecule has 31 heavy (non-hydrogen) atoms. The Balaban J connectivity index is 1.73. The Kier molecular flexibility index (Phi) is 4.68. The monoisotopic (exact) mass is 417 g/mol. The molecule has 2 aromatic heterocycles. The molecule has 1 aliphatic rings. The van der Waals surface area contributed by atoms with E-state index >= 15 is 0 Å². The van der Waals surface area contributed by atoms with Crippen molar-refractivity contribution >= 4 is 23.0 Å². The molecule has 0 spiro atoms. The van der Waals surface area contributed by atoms with Gasteiger partial charge in [-0.05, 0) is 18.2 Å². The average Bonchev–Trinajstić information content (AvgIpc) is 3.23. The molecule has 0 bridgehead atoms. The topological polar surface area (TPSA) is 129 Å². The number of rotatable bonds is 4. The lowest BCUT2D eigenvalue weighted by Crippen LogP contribution is -2.37. The van der Waals surface area contributed by atoms with Crippen LogP contribution in [-0.2, 0) is 4.74 Å². The summed E-state index contributed by atoms with van der Waals surface area (Å²) < 4.78 is 6.93. The first-order valence-electron chi connectivity index (χ1n) is 9.67. The van der Waals surface area contributed by atoms with Gasteiger partial charge >= 0.3 is 5.97 Å². The summed E-state index contributed by atoms with van der Waals surface area (Å²) in [6.45, 7) is 2.39. The number of anilines is 1. The first kappa shape index (κ1) is 18.9. The van der Waals surface area contributed by atoms with Crippen LogP contribution < -0.4 is 10.0 Å². The van der Waals surface area contributed by atoms with Crippen molar-refractivity contribution in [1.82, 2.24) is 25.0 Å². The molecule has 1 aliphatic heterocycles. The van der Waals surface area contributed by atoms with Crippen LogP contribution in [0.4, 0.5) is 5.82 Å². The summed E-state index contributed by atoms with van der Waals surface area (Å²) in [7, 11) is 0. The molecule has 10 heteroatoms. The molecule has 0 atom stereocenters. The standard InChI is InChI=1S/C21H18N6O4/c28-16-6-2-3-13(12-16)18-22-19(26-7-9-31-10-8-26)17-20(23-18)27(25-24-17)15-5-1-4-14(11-15)21(29)30/h1-6,11-12,28H,7-10H2,(H,29,30)/p-1. The molecular formula is C21H17N6O4-. The predicted molar refractivity (Wildman–Crippen MR) is 109 cm³/mol. The molecule has 1 saturated heterocycles. The molecule has 3 heterocycles. The van der Waals surface area contributed by atoms with Crippen LogP contribution in [0.25, 0.3) is 28.2 Å². The van der Waals surface area contributed by atoms with E-state index in [1.807, 2.05) is 4.90 Å². The van der Waals surface area contributed by atoms with Gasteiger partial charge in [0.1, 0.15) is 0 Å². The van der Waals surface area contributed by atoms with E-state index in [9.17, 15) is 15.0 Å². The first-order valence-corrected chi connectivity index (χ1v) is 9.67. The summed E-state index contributed by atoms with van der Waals surface area (Å²) in [5, 5.41) is 29.7. The molecule has 2 aromatic carbocycles. The van der Waals surface area contributed by atoms with Crippen molar-refractivity contribution in [2.24, 2.45) is 0 Å². The highest BCUT2D eigenvalue weighted by Gasteiger charge is 2.22. The Labute approximate surface area is 176 Å². The van der Waals surface area contributed by atoms with Crippen LogP contribution in [0.3, 0.4) is 0 Å².